The van der Waals surface area contributed by atoms with E-state index in [1.807, 2.05) is 0 Å². The van der Waals surface area contributed by atoms with Crippen LogP contribution in [0.4, 0.5) is 13.2 Å². The number of nitrogens with zero attached hydrogens (tertiary/aromatic N) is 1. The highest BCUT2D eigenvalue weighted by Gasteiger charge is 2.30. The van der Waals surface area contributed by atoms with E-state index in [0.717, 1.165) is 49.9 Å². The first-order valence-corrected chi connectivity index (χ1v) is 9.74. The maximum Gasteiger partial charge on any atom is 0.416 e. The number of alkyl halides is 3. The Morgan fingerprint density at radius 3 is 2.12 bits per heavy atom. The molecular formula is C16H21F3N2O3S. The molecule has 9 heteroatoms. The first-order valence-electron chi connectivity index (χ1n) is 8.13. The molecule has 0 atom stereocenters. The molecule has 0 bridgehead atoms. The van der Waals surface area contributed by atoms with Crippen molar-refractivity contribution in [2.24, 2.45) is 0 Å². The Hall–Kier alpha value is -1.61. The van der Waals surface area contributed by atoms with Gasteiger partial charge in [0.1, 0.15) is 0 Å². The van der Waals surface area contributed by atoms with Gasteiger partial charge in [-0.2, -0.15) is 13.2 Å². The average Bonchev–Trinajstić information content (AvgIpc) is 2.84. The van der Waals surface area contributed by atoms with Crippen molar-refractivity contribution < 1.29 is 26.4 Å². The third-order valence-electron chi connectivity index (χ3n) is 4.08. The molecule has 0 saturated carbocycles. The van der Waals surface area contributed by atoms with Gasteiger partial charge in [0.2, 0.25) is 10.0 Å². The standard InChI is InChI=1S/C16H21F3N2O3S/c17-16(18,19)14-7-5-13(6-8-14)15(22)20-9-12-25(23,24)21-10-3-1-2-4-11-21/h5-8H,1-4,9-12H2,(H,20,22). The number of carbonyl (C=O) groups excluding carboxylic acids is 1. The molecule has 25 heavy (non-hydrogen) atoms. The van der Waals surface area contributed by atoms with Gasteiger partial charge in [0.15, 0.2) is 0 Å². The Morgan fingerprint density at radius 1 is 1.04 bits per heavy atom. The molecule has 1 aromatic rings. The summed E-state index contributed by atoms with van der Waals surface area (Å²) in [4.78, 5) is 11.9. The van der Waals surface area contributed by atoms with E-state index in [1.165, 1.54) is 4.31 Å². The monoisotopic (exact) mass is 378 g/mol. The van der Waals surface area contributed by atoms with Crippen molar-refractivity contribution in [1.82, 2.24) is 9.62 Å². The van der Waals surface area contributed by atoms with Crippen molar-refractivity contribution >= 4 is 15.9 Å². The Labute approximate surface area is 145 Å². The number of carbonyl (C=O) groups is 1. The van der Waals surface area contributed by atoms with Gasteiger partial charge in [-0.25, -0.2) is 12.7 Å². The summed E-state index contributed by atoms with van der Waals surface area (Å²) in [6.07, 6.45) is -0.780. The minimum Gasteiger partial charge on any atom is -0.351 e. The van der Waals surface area contributed by atoms with Crippen LogP contribution in [0.1, 0.15) is 41.6 Å². The van der Waals surface area contributed by atoms with Gasteiger partial charge in [-0.3, -0.25) is 4.79 Å². The summed E-state index contributed by atoms with van der Waals surface area (Å²) in [7, 11) is -3.44. The first-order chi connectivity index (χ1) is 11.7. The predicted octanol–water partition coefficient (Wildman–Crippen LogP) is 2.64. The fourth-order valence-corrected chi connectivity index (χ4v) is 4.09. The lowest BCUT2D eigenvalue weighted by Gasteiger charge is -2.19. The van der Waals surface area contributed by atoms with E-state index in [2.05, 4.69) is 5.32 Å². The van der Waals surface area contributed by atoms with Gasteiger partial charge in [-0.1, -0.05) is 12.8 Å². The molecule has 1 saturated heterocycles. The molecule has 140 valence electrons. The Balaban J connectivity index is 1.87. The van der Waals surface area contributed by atoms with E-state index in [4.69, 9.17) is 0 Å². The van der Waals surface area contributed by atoms with E-state index < -0.39 is 27.7 Å². The minimum absolute atomic E-state index is 0.0557. The Kier molecular flexibility index (Phi) is 6.45. The number of sulfonamides is 1. The van der Waals surface area contributed by atoms with Crippen LogP contribution in [-0.2, 0) is 16.2 Å². The lowest BCUT2D eigenvalue weighted by molar-refractivity contribution is -0.137. The van der Waals surface area contributed by atoms with Gasteiger partial charge in [-0.15, -0.1) is 0 Å². The van der Waals surface area contributed by atoms with Gasteiger partial charge < -0.3 is 5.32 Å². The second kappa shape index (κ2) is 8.18. The number of halogens is 3. The molecule has 1 aliphatic rings. The normalized spacial score (nSPS) is 17.1. The van der Waals surface area contributed by atoms with E-state index >= 15 is 0 Å². The van der Waals surface area contributed by atoms with E-state index in [0.29, 0.717) is 13.1 Å². The number of nitrogens with one attached hydrogen (secondary N) is 1. The summed E-state index contributed by atoms with van der Waals surface area (Å²) in [6.45, 7) is 0.906. The highest BCUT2D eigenvalue weighted by molar-refractivity contribution is 7.89. The smallest absolute Gasteiger partial charge is 0.351 e. The molecule has 1 aromatic carbocycles. The molecular weight excluding hydrogens is 357 g/mol. The average molecular weight is 378 g/mol. The zero-order chi connectivity index (χ0) is 18.5. The number of benzene rings is 1. The van der Waals surface area contributed by atoms with Gasteiger partial charge >= 0.3 is 6.18 Å². The highest BCUT2D eigenvalue weighted by atomic mass is 32.2. The van der Waals surface area contributed by atoms with E-state index in [9.17, 15) is 26.4 Å². The summed E-state index contributed by atoms with van der Waals surface area (Å²) in [5.41, 5.74) is -0.784. The number of hydrogen-bond donors (Lipinski definition) is 1. The van der Waals surface area contributed by atoms with Crippen molar-refractivity contribution in [1.29, 1.82) is 0 Å². The number of amides is 1. The molecule has 0 radical (unpaired) electrons. The van der Waals surface area contributed by atoms with Crippen molar-refractivity contribution in [3.63, 3.8) is 0 Å². The molecule has 0 aromatic heterocycles. The SMILES string of the molecule is O=C(NCCS(=O)(=O)N1CCCCCC1)c1ccc(C(F)(F)F)cc1. The van der Waals surface area contributed by atoms with Crippen LogP contribution in [0.3, 0.4) is 0 Å². The molecule has 1 fully saturated rings. The van der Waals surface area contributed by atoms with Crippen molar-refractivity contribution in [2.45, 2.75) is 31.9 Å². The van der Waals surface area contributed by atoms with Crippen LogP contribution in [-0.4, -0.2) is 44.0 Å². The molecule has 0 unspecified atom stereocenters. The van der Waals surface area contributed by atoms with E-state index in [1.54, 1.807) is 0 Å². The van der Waals surface area contributed by atoms with Gasteiger partial charge in [0.25, 0.3) is 5.91 Å². The fourth-order valence-electron chi connectivity index (χ4n) is 2.66. The molecule has 1 N–H and O–H groups in total. The van der Waals surface area contributed by atoms with Crippen LogP contribution in [0, 0.1) is 0 Å². The van der Waals surface area contributed by atoms with Crippen LogP contribution < -0.4 is 5.32 Å². The Bertz CT molecular complexity index is 680. The van der Waals surface area contributed by atoms with E-state index in [-0.39, 0.29) is 17.9 Å². The van der Waals surface area contributed by atoms with Gasteiger partial charge in [-0.05, 0) is 37.1 Å². The molecule has 0 aliphatic carbocycles. The largest absolute Gasteiger partial charge is 0.416 e. The number of rotatable bonds is 5. The Morgan fingerprint density at radius 2 is 1.60 bits per heavy atom. The summed E-state index contributed by atoms with van der Waals surface area (Å²) >= 11 is 0. The second-order valence-electron chi connectivity index (χ2n) is 5.96. The maximum atomic E-state index is 12.5. The quantitative estimate of drug-likeness (QED) is 0.857. The fraction of sp³-hybridized carbons (Fsp3) is 0.562. The lowest BCUT2D eigenvalue weighted by Crippen LogP contribution is -2.38. The first kappa shape index (κ1) is 19.7. The third-order valence-corrected chi connectivity index (χ3v) is 5.95. The van der Waals surface area contributed by atoms with Crippen LogP contribution in [0.15, 0.2) is 24.3 Å². The minimum atomic E-state index is -4.46. The highest BCUT2D eigenvalue weighted by Crippen LogP contribution is 2.29. The zero-order valence-electron chi connectivity index (χ0n) is 13.7. The summed E-state index contributed by atoms with van der Waals surface area (Å²) in [6, 6.07) is 3.79. The van der Waals surface area contributed by atoms with Crippen molar-refractivity contribution in [3.8, 4) is 0 Å². The van der Waals surface area contributed by atoms with Crippen LogP contribution in [0.5, 0.6) is 0 Å². The van der Waals surface area contributed by atoms with Crippen LogP contribution in [0.2, 0.25) is 0 Å². The van der Waals surface area contributed by atoms with Gasteiger partial charge in [0.05, 0.1) is 11.3 Å². The third kappa shape index (κ3) is 5.71. The summed E-state index contributed by atoms with van der Waals surface area (Å²) in [5, 5.41) is 2.44. The van der Waals surface area contributed by atoms with Crippen LogP contribution >= 0.6 is 0 Å². The molecule has 2 rings (SSSR count). The number of hydrogen-bond acceptors (Lipinski definition) is 3. The lowest BCUT2D eigenvalue weighted by atomic mass is 10.1. The maximum absolute atomic E-state index is 12.5. The van der Waals surface area contributed by atoms with Crippen LogP contribution in [0.25, 0.3) is 0 Å². The zero-order valence-corrected chi connectivity index (χ0v) is 14.5. The summed E-state index contributed by atoms with van der Waals surface area (Å²) < 4.78 is 63.4. The van der Waals surface area contributed by atoms with Crippen molar-refractivity contribution in [3.05, 3.63) is 35.4 Å². The summed E-state index contributed by atoms with van der Waals surface area (Å²) in [5.74, 6) is -0.820. The topological polar surface area (TPSA) is 66.5 Å². The second-order valence-corrected chi connectivity index (χ2v) is 8.05. The van der Waals surface area contributed by atoms with Crippen molar-refractivity contribution in [2.75, 3.05) is 25.4 Å². The molecule has 0 spiro atoms. The molecule has 1 heterocycles. The predicted molar refractivity (Wildman–Crippen MR) is 87.6 cm³/mol. The molecule has 1 aliphatic heterocycles. The van der Waals surface area contributed by atoms with Gasteiger partial charge in [0, 0.05) is 25.2 Å². The molecule has 5 nitrogen and oxygen atoms in total. The molecule has 1 amide bonds.